The van der Waals surface area contributed by atoms with Gasteiger partial charge in [-0.15, -0.1) is 0 Å². The van der Waals surface area contributed by atoms with Crippen molar-refractivity contribution in [3.63, 3.8) is 0 Å². The summed E-state index contributed by atoms with van der Waals surface area (Å²) in [5, 5.41) is 3.33. The average molecular weight is 440 g/mol. The number of primary amides is 1. The molecule has 29 heavy (non-hydrogen) atoms. The lowest BCUT2D eigenvalue weighted by molar-refractivity contribution is -0.122. The standard InChI is InChI=1S/C19H19Cl2N3O5/c20-11-4-12(21)6-13(5-11)23-18(26)10-29-17-9-28-14(7-16(17)25)8-24-3-1-2-15(24)19(22)27/h4-7,9,15H,1-3,8,10H2,(H2,22,27)(H,23,26). The van der Waals surface area contributed by atoms with Crippen molar-refractivity contribution in [2.24, 2.45) is 5.73 Å². The van der Waals surface area contributed by atoms with E-state index < -0.39 is 23.9 Å². The van der Waals surface area contributed by atoms with Crippen LogP contribution in [0.4, 0.5) is 5.69 Å². The Morgan fingerprint density at radius 2 is 1.97 bits per heavy atom. The fourth-order valence-corrected chi connectivity index (χ4v) is 3.66. The van der Waals surface area contributed by atoms with Crippen LogP contribution in [-0.4, -0.2) is 35.9 Å². The van der Waals surface area contributed by atoms with Gasteiger partial charge in [-0.3, -0.25) is 19.3 Å². The number of ether oxygens (including phenoxy) is 1. The lowest BCUT2D eigenvalue weighted by Crippen LogP contribution is -2.39. The summed E-state index contributed by atoms with van der Waals surface area (Å²) in [7, 11) is 0. The summed E-state index contributed by atoms with van der Waals surface area (Å²) in [5.74, 6) is -0.598. The molecule has 0 bridgehead atoms. The number of nitrogens with zero attached hydrogens (tertiary/aromatic N) is 1. The molecule has 154 valence electrons. The lowest BCUT2D eigenvalue weighted by atomic mass is 10.2. The van der Waals surface area contributed by atoms with Crippen LogP contribution in [0.3, 0.4) is 0 Å². The molecule has 2 amide bonds. The summed E-state index contributed by atoms with van der Waals surface area (Å²) in [5.41, 5.74) is 5.37. The number of halogens is 2. The highest BCUT2D eigenvalue weighted by atomic mass is 35.5. The Hall–Kier alpha value is -2.55. The molecule has 1 unspecified atom stereocenters. The van der Waals surface area contributed by atoms with Gasteiger partial charge in [0.2, 0.25) is 17.1 Å². The van der Waals surface area contributed by atoms with E-state index in [1.165, 1.54) is 24.3 Å². The van der Waals surface area contributed by atoms with Crippen LogP contribution >= 0.6 is 23.2 Å². The van der Waals surface area contributed by atoms with Gasteiger partial charge >= 0.3 is 0 Å². The number of likely N-dealkylation sites (tertiary alicyclic amines) is 1. The molecule has 1 aliphatic heterocycles. The first-order chi connectivity index (χ1) is 13.8. The largest absolute Gasteiger partial charge is 0.477 e. The SMILES string of the molecule is NC(=O)C1CCCN1Cc1cc(=O)c(OCC(=O)Nc2cc(Cl)cc(Cl)c2)co1. The zero-order chi connectivity index (χ0) is 21.0. The van der Waals surface area contributed by atoms with Gasteiger partial charge in [-0.1, -0.05) is 23.2 Å². The average Bonchev–Trinajstić information content (AvgIpc) is 3.08. The number of amides is 2. The molecule has 1 aliphatic rings. The van der Waals surface area contributed by atoms with Crippen LogP contribution in [0, 0.1) is 0 Å². The van der Waals surface area contributed by atoms with Gasteiger partial charge in [0.25, 0.3) is 5.91 Å². The fraction of sp³-hybridized carbons (Fsp3) is 0.316. The summed E-state index contributed by atoms with van der Waals surface area (Å²) in [6, 6.07) is 5.52. The number of benzene rings is 1. The monoisotopic (exact) mass is 439 g/mol. The molecule has 0 saturated carbocycles. The van der Waals surface area contributed by atoms with Gasteiger partial charge in [0, 0.05) is 21.8 Å². The summed E-state index contributed by atoms with van der Waals surface area (Å²) in [6.45, 7) is 0.590. The van der Waals surface area contributed by atoms with Crippen molar-refractivity contribution in [3.05, 3.63) is 56.6 Å². The molecule has 0 spiro atoms. The number of hydrogen-bond donors (Lipinski definition) is 2. The van der Waals surface area contributed by atoms with Crippen LogP contribution in [0.1, 0.15) is 18.6 Å². The van der Waals surface area contributed by atoms with E-state index in [2.05, 4.69) is 5.32 Å². The van der Waals surface area contributed by atoms with Crippen LogP contribution in [-0.2, 0) is 16.1 Å². The molecule has 1 aromatic heterocycles. The van der Waals surface area contributed by atoms with Crippen molar-refractivity contribution < 1.29 is 18.7 Å². The Morgan fingerprint density at radius 3 is 2.62 bits per heavy atom. The Bertz CT molecular complexity index is 958. The second-order valence-corrected chi connectivity index (χ2v) is 7.47. The number of nitrogens with one attached hydrogen (secondary N) is 1. The van der Waals surface area contributed by atoms with Gasteiger partial charge < -0.3 is 20.2 Å². The van der Waals surface area contributed by atoms with Crippen molar-refractivity contribution in [3.8, 4) is 5.75 Å². The number of carbonyl (C=O) groups excluding carboxylic acids is 2. The van der Waals surface area contributed by atoms with Gasteiger partial charge in [0.15, 0.2) is 6.61 Å². The second-order valence-electron chi connectivity index (χ2n) is 6.60. The minimum Gasteiger partial charge on any atom is -0.477 e. The van der Waals surface area contributed by atoms with Gasteiger partial charge in [0.05, 0.1) is 12.6 Å². The maximum absolute atomic E-state index is 12.2. The minimum absolute atomic E-state index is 0.0964. The zero-order valence-electron chi connectivity index (χ0n) is 15.3. The predicted molar refractivity (Wildman–Crippen MR) is 108 cm³/mol. The van der Waals surface area contributed by atoms with Crippen molar-refractivity contribution in [1.29, 1.82) is 0 Å². The summed E-state index contributed by atoms with van der Waals surface area (Å²) < 4.78 is 10.7. The second kappa shape index (κ2) is 9.30. The highest BCUT2D eigenvalue weighted by Crippen LogP contribution is 2.22. The molecular formula is C19H19Cl2N3O5. The number of hydrogen-bond acceptors (Lipinski definition) is 6. The maximum Gasteiger partial charge on any atom is 0.262 e. The first-order valence-electron chi connectivity index (χ1n) is 8.85. The smallest absolute Gasteiger partial charge is 0.262 e. The predicted octanol–water partition coefficient (Wildman–Crippen LogP) is 2.41. The van der Waals surface area contributed by atoms with Gasteiger partial charge in [-0.25, -0.2) is 0 Å². The van der Waals surface area contributed by atoms with E-state index in [1.54, 1.807) is 0 Å². The van der Waals surface area contributed by atoms with E-state index in [1.807, 2.05) is 4.90 Å². The third-order valence-electron chi connectivity index (χ3n) is 4.41. The van der Waals surface area contributed by atoms with Crippen molar-refractivity contribution in [1.82, 2.24) is 4.90 Å². The highest BCUT2D eigenvalue weighted by Gasteiger charge is 2.29. The van der Waals surface area contributed by atoms with Crippen LogP contribution in [0.25, 0.3) is 0 Å². The van der Waals surface area contributed by atoms with E-state index in [0.29, 0.717) is 41.0 Å². The molecular weight excluding hydrogens is 421 g/mol. The van der Waals surface area contributed by atoms with Crippen LogP contribution in [0.2, 0.25) is 10.0 Å². The molecule has 0 radical (unpaired) electrons. The van der Waals surface area contributed by atoms with Crippen molar-refractivity contribution in [2.75, 3.05) is 18.5 Å². The quantitative estimate of drug-likeness (QED) is 0.684. The highest BCUT2D eigenvalue weighted by molar-refractivity contribution is 6.35. The zero-order valence-corrected chi connectivity index (χ0v) is 16.8. The maximum atomic E-state index is 12.2. The van der Waals surface area contributed by atoms with E-state index in [0.717, 1.165) is 12.7 Å². The first kappa shape index (κ1) is 21.2. The Labute approximate surface area is 176 Å². The van der Waals surface area contributed by atoms with Crippen LogP contribution in [0.15, 0.2) is 39.7 Å². The molecule has 3 N–H and O–H groups in total. The third kappa shape index (κ3) is 5.72. The molecule has 1 saturated heterocycles. The topological polar surface area (TPSA) is 115 Å². The number of rotatable bonds is 7. The van der Waals surface area contributed by atoms with Gasteiger partial charge in [-0.05, 0) is 37.6 Å². The molecule has 10 heteroatoms. The van der Waals surface area contributed by atoms with Crippen LogP contribution < -0.4 is 21.2 Å². The normalized spacial score (nSPS) is 16.6. The molecule has 2 heterocycles. The Morgan fingerprint density at radius 1 is 1.24 bits per heavy atom. The molecule has 8 nitrogen and oxygen atoms in total. The molecule has 1 fully saturated rings. The summed E-state index contributed by atoms with van der Waals surface area (Å²) in [6.07, 6.45) is 2.69. The molecule has 3 rings (SSSR count). The van der Waals surface area contributed by atoms with Crippen molar-refractivity contribution >= 4 is 40.7 Å². The van der Waals surface area contributed by atoms with E-state index in [4.69, 9.17) is 38.1 Å². The fourth-order valence-electron chi connectivity index (χ4n) is 3.13. The Balaban J connectivity index is 1.57. The molecule has 2 aromatic rings. The van der Waals surface area contributed by atoms with Gasteiger partial charge in [0.1, 0.15) is 12.0 Å². The summed E-state index contributed by atoms with van der Waals surface area (Å²) in [4.78, 5) is 37.6. The van der Waals surface area contributed by atoms with E-state index in [9.17, 15) is 14.4 Å². The lowest BCUT2D eigenvalue weighted by Gasteiger charge is -2.20. The number of nitrogens with two attached hydrogens (primary N) is 1. The third-order valence-corrected chi connectivity index (χ3v) is 4.84. The number of anilines is 1. The molecule has 1 atom stereocenters. The van der Waals surface area contributed by atoms with Gasteiger partial charge in [-0.2, -0.15) is 0 Å². The molecule has 0 aliphatic carbocycles. The first-order valence-corrected chi connectivity index (χ1v) is 9.61. The number of carbonyl (C=O) groups is 2. The van der Waals surface area contributed by atoms with Crippen LogP contribution in [0.5, 0.6) is 5.75 Å². The Kier molecular flexibility index (Phi) is 6.79. The summed E-state index contributed by atoms with van der Waals surface area (Å²) >= 11 is 11.8. The minimum atomic E-state index is -0.492. The van der Waals surface area contributed by atoms with E-state index in [-0.39, 0.29) is 11.8 Å². The van der Waals surface area contributed by atoms with E-state index >= 15 is 0 Å². The molecule has 1 aromatic carbocycles. The van der Waals surface area contributed by atoms with Crippen molar-refractivity contribution in [2.45, 2.75) is 25.4 Å².